The summed E-state index contributed by atoms with van der Waals surface area (Å²) in [6.07, 6.45) is 1.51. The van der Waals surface area contributed by atoms with Crippen LogP contribution in [0, 0.1) is 20.2 Å². The highest BCUT2D eigenvalue weighted by Crippen LogP contribution is 2.30. The summed E-state index contributed by atoms with van der Waals surface area (Å²) in [7, 11) is 0. The fourth-order valence-corrected chi connectivity index (χ4v) is 2.33. The second-order valence-electron chi connectivity index (χ2n) is 5.59. The number of amides is 1. The lowest BCUT2D eigenvalue weighted by atomic mass is 10.2. The van der Waals surface area contributed by atoms with E-state index in [-0.39, 0.29) is 24.0 Å². The number of nitro groups is 2. The molecule has 0 unspecified atom stereocenters. The number of hydrogen-bond acceptors (Lipinski definition) is 7. The highest BCUT2D eigenvalue weighted by Gasteiger charge is 2.17. The second-order valence-corrected chi connectivity index (χ2v) is 5.59. The number of nitrogens with zero attached hydrogens (tertiary/aromatic N) is 2. The van der Waals surface area contributed by atoms with Crippen LogP contribution in [0.25, 0.3) is 0 Å². The first-order valence-corrected chi connectivity index (χ1v) is 7.95. The lowest BCUT2D eigenvalue weighted by molar-refractivity contribution is -0.394. The average Bonchev–Trinajstić information content (AvgIpc) is 3.20. The van der Waals surface area contributed by atoms with E-state index in [1.54, 1.807) is 12.1 Å². The molecular formula is C18H13N3O7. The normalized spacial score (nSPS) is 10.3. The molecule has 0 radical (unpaired) electrons. The van der Waals surface area contributed by atoms with Crippen molar-refractivity contribution in [3.05, 3.63) is 92.4 Å². The summed E-state index contributed by atoms with van der Waals surface area (Å²) in [5, 5.41) is 24.5. The number of furan rings is 1. The predicted molar refractivity (Wildman–Crippen MR) is 96.1 cm³/mol. The van der Waals surface area contributed by atoms with Crippen LogP contribution < -0.4 is 10.1 Å². The summed E-state index contributed by atoms with van der Waals surface area (Å²) in [4.78, 5) is 32.5. The van der Waals surface area contributed by atoms with Crippen LogP contribution in [0.15, 0.2) is 65.3 Å². The molecule has 0 atom stereocenters. The van der Waals surface area contributed by atoms with Crippen molar-refractivity contribution in [3.8, 4) is 11.5 Å². The van der Waals surface area contributed by atoms with Crippen molar-refractivity contribution in [3.63, 3.8) is 0 Å². The Hall–Kier alpha value is -4.21. The van der Waals surface area contributed by atoms with E-state index >= 15 is 0 Å². The molecule has 0 aliphatic carbocycles. The quantitative estimate of drug-likeness (QED) is 0.483. The van der Waals surface area contributed by atoms with Gasteiger partial charge in [0.15, 0.2) is 0 Å². The van der Waals surface area contributed by atoms with Gasteiger partial charge in [0.2, 0.25) is 0 Å². The Bertz CT molecular complexity index is 982. The van der Waals surface area contributed by atoms with Crippen LogP contribution in [0.4, 0.5) is 11.4 Å². The van der Waals surface area contributed by atoms with E-state index in [2.05, 4.69) is 5.32 Å². The van der Waals surface area contributed by atoms with E-state index in [1.165, 1.54) is 30.5 Å². The zero-order valence-electron chi connectivity index (χ0n) is 14.2. The molecule has 28 heavy (non-hydrogen) atoms. The largest absolute Gasteiger partial charge is 0.467 e. The summed E-state index contributed by atoms with van der Waals surface area (Å²) in [5.74, 6) is 0.489. The Kier molecular flexibility index (Phi) is 5.30. The van der Waals surface area contributed by atoms with E-state index in [1.807, 2.05) is 0 Å². The Balaban J connectivity index is 1.71. The van der Waals surface area contributed by atoms with Crippen LogP contribution >= 0.6 is 0 Å². The van der Waals surface area contributed by atoms with Gasteiger partial charge in [-0.25, -0.2) is 0 Å². The van der Waals surface area contributed by atoms with E-state index in [0.29, 0.717) is 11.3 Å². The molecule has 0 fully saturated rings. The molecule has 1 N–H and O–H groups in total. The van der Waals surface area contributed by atoms with Gasteiger partial charge in [0, 0.05) is 5.56 Å². The lowest BCUT2D eigenvalue weighted by Gasteiger charge is -2.07. The molecule has 0 aliphatic heterocycles. The second kappa shape index (κ2) is 7.99. The first-order chi connectivity index (χ1) is 13.4. The third-order valence-electron chi connectivity index (χ3n) is 3.65. The third-order valence-corrected chi connectivity index (χ3v) is 3.65. The molecule has 10 nitrogen and oxygen atoms in total. The van der Waals surface area contributed by atoms with E-state index in [4.69, 9.17) is 9.15 Å². The summed E-state index contributed by atoms with van der Waals surface area (Å²) >= 11 is 0. The lowest BCUT2D eigenvalue weighted by Crippen LogP contribution is -2.22. The number of carbonyl (C=O) groups excluding carboxylic acids is 1. The number of rotatable bonds is 7. The van der Waals surface area contributed by atoms with Crippen LogP contribution in [-0.4, -0.2) is 15.8 Å². The minimum atomic E-state index is -0.744. The molecule has 2 aromatic carbocycles. The number of ether oxygens (including phenoxy) is 1. The van der Waals surface area contributed by atoms with Crippen LogP contribution in [0.3, 0.4) is 0 Å². The van der Waals surface area contributed by atoms with Crippen molar-refractivity contribution in [2.75, 3.05) is 0 Å². The van der Waals surface area contributed by atoms with E-state index < -0.39 is 21.2 Å². The topological polar surface area (TPSA) is 138 Å². The number of nitro benzene ring substituents is 2. The molecule has 0 aliphatic rings. The summed E-state index contributed by atoms with van der Waals surface area (Å²) in [5.41, 5.74) is -0.555. The fraction of sp³-hybridized carbons (Fsp3) is 0.0556. The molecule has 0 saturated heterocycles. The first-order valence-electron chi connectivity index (χ1n) is 7.95. The van der Waals surface area contributed by atoms with Crippen molar-refractivity contribution < 1.29 is 23.8 Å². The zero-order chi connectivity index (χ0) is 20.1. The SMILES string of the molecule is O=C(NCc1ccco1)c1ccc(Oc2cc([N+](=O)[O-])cc([N+](=O)[O-])c2)cc1. The average molecular weight is 383 g/mol. The van der Waals surface area contributed by atoms with Crippen LogP contribution in [0.1, 0.15) is 16.1 Å². The molecule has 142 valence electrons. The Labute approximate surface area is 157 Å². The number of hydrogen-bond donors (Lipinski definition) is 1. The molecule has 3 rings (SSSR count). The minimum absolute atomic E-state index is 0.0593. The van der Waals surface area contributed by atoms with Gasteiger partial charge in [-0.15, -0.1) is 0 Å². The van der Waals surface area contributed by atoms with Gasteiger partial charge >= 0.3 is 0 Å². The standard InChI is InChI=1S/C18H13N3O7/c22-18(19-11-16-2-1-7-27-16)12-3-5-15(6-4-12)28-17-9-13(20(23)24)8-14(10-17)21(25)26/h1-10H,11H2,(H,19,22). The van der Waals surface area contributed by atoms with Gasteiger partial charge < -0.3 is 14.5 Å². The number of benzene rings is 2. The molecule has 0 saturated carbocycles. The molecule has 0 spiro atoms. The Morgan fingerprint density at radius 1 is 0.964 bits per heavy atom. The molecule has 1 heterocycles. The Morgan fingerprint density at radius 2 is 1.61 bits per heavy atom. The van der Waals surface area contributed by atoms with Crippen molar-refractivity contribution in [2.45, 2.75) is 6.54 Å². The summed E-state index contributed by atoms with van der Waals surface area (Å²) < 4.78 is 10.6. The maximum atomic E-state index is 12.1. The van der Waals surface area contributed by atoms with E-state index in [0.717, 1.165) is 18.2 Å². The first kappa shape index (κ1) is 18.6. The monoisotopic (exact) mass is 383 g/mol. The van der Waals surface area contributed by atoms with E-state index in [9.17, 15) is 25.0 Å². The predicted octanol–water partition coefficient (Wildman–Crippen LogP) is 3.82. The number of carbonyl (C=O) groups is 1. The van der Waals surface area contributed by atoms with Crippen LogP contribution in [0.5, 0.6) is 11.5 Å². The van der Waals surface area contributed by atoms with Crippen molar-refractivity contribution in [2.24, 2.45) is 0 Å². The highest BCUT2D eigenvalue weighted by atomic mass is 16.6. The summed E-state index contributed by atoms with van der Waals surface area (Å²) in [6.45, 7) is 0.238. The molecule has 1 aromatic heterocycles. The Morgan fingerprint density at radius 3 is 2.14 bits per heavy atom. The highest BCUT2D eigenvalue weighted by molar-refractivity contribution is 5.94. The van der Waals surface area contributed by atoms with Gasteiger partial charge in [-0.3, -0.25) is 25.0 Å². The molecule has 1 amide bonds. The van der Waals surface area contributed by atoms with Gasteiger partial charge in [-0.2, -0.15) is 0 Å². The van der Waals surface area contributed by atoms with Crippen molar-refractivity contribution in [1.82, 2.24) is 5.32 Å². The van der Waals surface area contributed by atoms with Crippen molar-refractivity contribution >= 4 is 17.3 Å². The zero-order valence-corrected chi connectivity index (χ0v) is 14.2. The fourth-order valence-electron chi connectivity index (χ4n) is 2.33. The molecule has 10 heteroatoms. The third kappa shape index (κ3) is 4.49. The van der Waals surface area contributed by atoms with Gasteiger partial charge in [0.05, 0.1) is 40.9 Å². The number of non-ortho nitro benzene ring substituents is 2. The van der Waals surface area contributed by atoms with Gasteiger partial charge in [0.1, 0.15) is 17.3 Å². The number of nitrogens with one attached hydrogen (secondary N) is 1. The minimum Gasteiger partial charge on any atom is -0.467 e. The van der Waals surface area contributed by atoms with Crippen LogP contribution in [0.2, 0.25) is 0 Å². The maximum Gasteiger partial charge on any atom is 0.280 e. The van der Waals surface area contributed by atoms with Crippen molar-refractivity contribution in [1.29, 1.82) is 0 Å². The molecular weight excluding hydrogens is 370 g/mol. The van der Waals surface area contributed by atoms with Crippen LogP contribution in [-0.2, 0) is 6.54 Å². The summed E-state index contributed by atoms with van der Waals surface area (Å²) in [6, 6.07) is 12.4. The van der Waals surface area contributed by atoms with Gasteiger partial charge in [-0.1, -0.05) is 0 Å². The molecule has 3 aromatic rings. The van der Waals surface area contributed by atoms with Gasteiger partial charge in [0.25, 0.3) is 17.3 Å². The maximum absolute atomic E-state index is 12.1. The molecule has 0 bridgehead atoms. The van der Waals surface area contributed by atoms with Gasteiger partial charge in [-0.05, 0) is 36.4 Å². The smallest absolute Gasteiger partial charge is 0.280 e.